The van der Waals surface area contributed by atoms with Gasteiger partial charge in [0.2, 0.25) is 5.03 Å². The summed E-state index contributed by atoms with van der Waals surface area (Å²) >= 11 is 6.22. The summed E-state index contributed by atoms with van der Waals surface area (Å²) in [4.78, 5) is 14.0. The zero-order valence-electron chi connectivity index (χ0n) is 14.4. The number of carbonyl (C=O) groups excluding carboxylic acids is 1. The molecule has 1 saturated heterocycles. The molecule has 2 aromatic rings. The summed E-state index contributed by atoms with van der Waals surface area (Å²) in [6.07, 6.45) is 0. The number of anilines is 1. The Kier molecular flexibility index (Phi) is 5.22. The summed E-state index contributed by atoms with van der Waals surface area (Å²) in [5.74, 6) is -0.732. The van der Waals surface area contributed by atoms with E-state index in [0.29, 0.717) is 23.8 Å². The van der Waals surface area contributed by atoms with Gasteiger partial charge in [-0.2, -0.15) is 9.40 Å². The Bertz CT molecular complexity index is 920. The molecule has 0 aliphatic carbocycles. The van der Waals surface area contributed by atoms with E-state index in [1.807, 2.05) is 23.1 Å². The highest BCUT2D eigenvalue weighted by Crippen LogP contribution is 2.28. The van der Waals surface area contributed by atoms with E-state index in [9.17, 15) is 13.2 Å². The third-order valence-electron chi connectivity index (χ3n) is 4.32. The Morgan fingerprint density at radius 3 is 2.50 bits per heavy atom. The van der Waals surface area contributed by atoms with E-state index >= 15 is 0 Å². The Morgan fingerprint density at radius 2 is 1.88 bits per heavy atom. The fraction of sp³-hybridized carbons (Fsp3) is 0.375. The Morgan fingerprint density at radius 1 is 1.23 bits per heavy atom. The number of H-pyrrole nitrogens is 1. The van der Waals surface area contributed by atoms with Crippen LogP contribution in [0.3, 0.4) is 0 Å². The van der Waals surface area contributed by atoms with Crippen LogP contribution < -0.4 is 4.90 Å². The van der Waals surface area contributed by atoms with Gasteiger partial charge < -0.3 is 9.64 Å². The molecule has 0 bridgehead atoms. The lowest BCUT2D eigenvalue weighted by Crippen LogP contribution is -2.49. The van der Waals surface area contributed by atoms with Crippen LogP contribution in [0, 0.1) is 6.92 Å². The number of hydrogen-bond acceptors (Lipinski definition) is 6. The van der Waals surface area contributed by atoms with E-state index in [0.717, 1.165) is 5.69 Å². The van der Waals surface area contributed by atoms with Crippen molar-refractivity contribution in [2.75, 3.05) is 38.2 Å². The van der Waals surface area contributed by atoms with Crippen LogP contribution in [0.2, 0.25) is 5.02 Å². The number of para-hydroxylation sites is 1. The van der Waals surface area contributed by atoms with E-state index in [1.165, 1.54) is 11.4 Å². The smallest absolute Gasteiger partial charge is 0.342 e. The van der Waals surface area contributed by atoms with Gasteiger partial charge in [-0.3, -0.25) is 5.10 Å². The highest BCUT2D eigenvalue weighted by Gasteiger charge is 2.35. The minimum absolute atomic E-state index is 0.0546. The molecular formula is C16H19ClN4O4S. The quantitative estimate of drug-likeness (QED) is 0.787. The van der Waals surface area contributed by atoms with Crippen LogP contribution >= 0.6 is 11.6 Å². The first-order chi connectivity index (χ1) is 12.4. The zero-order chi connectivity index (χ0) is 18.9. The van der Waals surface area contributed by atoms with Crippen molar-refractivity contribution in [3.8, 4) is 0 Å². The van der Waals surface area contributed by atoms with Crippen molar-refractivity contribution >= 4 is 33.3 Å². The fourth-order valence-corrected chi connectivity index (χ4v) is 4.74. The molecule has 0 radical (unpaired) electrons. The number of aromatic amines is 1. The molecule has 26 heavy (non-hydrogen) atoms. The molecule has 0 amide bonds. The van der Waals surface area contributed by atoms with E-state index in [1.54, 1.807) is 13.0 Å². The van der Waals surface area contributed by atoms with E-state index < -0.39 is 16.0 Å². The number of carbonyl (C=O) groups is 1. The number of nitrogens with one attached hydrogen (secondary N) is 1. The number of halogens is 1. The molecule has 2 heterocycles. The van der Waals surface area contributed by atoms with Crippen molar-refractivity contribution in [3.63, 3.8) is 0 Å². The number of esters is 1. The van der Waals surface area contributed by atoms with Gasteiger partial charge in [0.1, 0.15) is 5.56 Å². The average Bonchev–Trinajstić information content (AvgIpc) is 3.04. The summed E-state index contributed by atoms with van der Waals surface area (Å²) in [5.41, 5.74) is 1.17. The molecule has 1 aromatic carbocycles. The number of methoxy groups -OCH3 is 1. The van der Waals surface area contributed by atoms with Gasteiger partial charge in [0.25, 0.3) is 10.0 Å². The summed E-state index contributed by atoms with van der Waals surface area (Å²) in [7, 11) is -2.71. The van der Waals surface area contributed by atoms with Gasteiger partial charge in [0.05, 0.1) is 17.8 Å². The number of nitrogens with zero attached hydrogens (tertiary/aromatic N) is 3. The van der Waals surface area contributed by atoms with Crippen LogP contribution in [0.5, 0.6) is 0 Å². The number of hydrogen-bond donors (Lipinski definition) is 1. The lowest BCUT2D eigenvalue weighted by atomic mass is 10.2. The van der Waals surface area contributed by atoms with Crippen molar-refractivity contribution in [2.24, 2.45) is 0 Å². The molecule has 0 unspecified atom stereocenters. The maximum atomic E-state index is 12.9. The van der Waals surface area contributed by atoms with Crippen molar-refractivity contribution < 1.29 is 17.9 Å². The molecule has 3 rings (SSSR count). The summed E-state index contributed by atoms with van der Waals surface area (Å²) in [5, 5.41) is 6.71. The monoisotopic (exact) mass is 398 g/mol. The van der Waals surface area contributed by atoms with Crippen molar-refractivity contribution in [2.45, 2.75) is 11.9 Å². The van der Waals surface area contributed by atoms with E-state index in [2.05, 4.69) is 14.9 Å². The molecule has 0 atom stereocenters. The third kappa shape index (κ3) is 3.29. The van der Waals surface area contributed by atoms with Crippen LogP contribution in [0.25, 0.3) is 0 Å². The zero-order valence-corrected chi connectivity index (χ0v) is 16.0. The number of ether oxygens (including phenoxy) is 1. The van der Waals surface area contributed by atoms with Crippen LogP contribution in [-0.2, 0) is 14.8 Å². The fourth-order valence-electron chi connectivity index (χ4n) is 2.94. The molecule has 1 aliphatic heterocycles. The topological polar surface area (TPSA) is 95.6 Å². The van der Waals surface area contributed by atoms with Crippen LogP contribution in [-0.4, -0.2) is 62.2 Å². The standard InChI is InChI=1S/C16H19ClN4O4S/c1-11-14(16(22)25-2)15(19-18-11)26(23,24)21-9-7-20(8-10-21)13-6-4-3-5-12(13)17/h3-6H,7-10H2,1-2H3,(H,18,19). The van der Waals surface area contributed by atoms with Gasteiger partial charge in [0.15, 0.2) is 0 Å². The summed E-state index contributed by atoms with van der Waals surface area (Å²) < 4.78 is 31.9. The van der Waals surface area contributed by atoms with Gasteiger partial charge in [-0.15, -0.1) is 0 Å². The van der Waals surface area contributed by atoms with Gasteiger partial charge in [0, 0.05) is 31.9 Å². The predicted molar refractivity (Wildman–Crippen MR) is 97.1 cm³/mol. The van der Waals surface area contributed by atoms with Crippen molar-refractivity contribution in [1.29, 1.82) is 0 Å². The molecular weight excluding hydrogens is 380 g/mol. The predicted octanol–water partition coefficient (Wildman–Crippen LogP) is 1.67. The molecule has 1 aliphatic rings. The second-order valence-electron chi connectivity index (χ2n) is 5.86. The first-order valence-electron chi connectivity index (χ1n) is 7.99. The first-order valence-corrected chi connectivity index (χ1v) is 9.81. The first kappa shape index (κ1) is 18.7. The van der Waals surface area contributed by atoms with Gasteiger partial charge in [-0.05, 0) is 19.1 Å². The molecule has 1 aromatic heterocycles. The maximum absolute atomic E-state index is 12.9. The molecule has 10 heteroatoms. The lowest BCUT2D eigenvalue weighted by Gasteiger charge is -2.35. The van der Waals surface area contributed by atoms with Gasteiger partial charge in [-0.25, -0.2) is 13.2 Å². The van der Waals surface area contributed by atoms with E-state index in [4.69, 9.17) is 11.6 Å². The van der Waals surface area contributed by atoms with Crippen molar-refractivity contribution in [3.05, 3.63) is 40.5 Å². The van der Waals surface area contributed by atoms with E-state index in [-0.39, 0.29) is 23.7 Å². The number of piperazine rings is 1. The highest BCUT2D eigenvalue weighted by atomic mass is 35.5. The summed E-state index contributed by atoms with van der Waals surface area (Å²) in [6, 6.07) is 7.44. The number of aromatic nitrogens is 2. The lowest BCUT2D eigenvalue weighted by molar-refractivity contribution is 0.0595. The average molecular weight is 399 g/mol. The minimum atomic E-state index is -3.91. The third-order valence-corrected chi connectivity index (χ3v) is 6.47. The van der Waals surface area contributed by atoms with Crippen molar-refractivity contribution in [1.82, 2.24) is 14.5 Å². The number of benzene rings is 1. The molecule has 140 valence electrons. The second kappa shape index (κ2) is 7.26. The molecule has 1 fully saturated rings. The number of aryl methyl sites for hydroxylation is 1. The minimum Gasteiger partial charge on any atom is -0.465 e. The van der Waals surface area contributed by atoms with Crippen LogP contribution in [0.15, 0.2) is 29.3 Å². The molecule has 0 spiro atoms. The molecule has 8 nitrogen and oxygen atoms in total. The number of sulfonamides is 1. The Balaban J connectivity index is 1.81. The second-order valence-corrected chi connectivity index (χ2v) is 8.12. The largest absolute Gasteiger partial charge is 0.465 e. The SMILES string of the molecule is COC(=O)c1c(S(=O)(=O)N2CCN(c3ccccc3Cl)CC2)n[nH]c1C. The van der Waals surface area contributed by atoms with Gasteiger partial charge >= 0.3 is 5.97 Å². The molecule has 1 N–H and O–H groups in total. The molecule has 0 saturated carbocycles. The Hall–Kier alpha value is -2.10. The number of rotatable bonds is 4. The summed E-state index contributed by atoms with van der Waals surface area (Å²) in [6.45, 7) is 3.08. The maximum Gasteiger partial charge on any atom is 0.342 e. The van der Waals surface area contributed by atoms with Gasteiger partial charge in [-0.1, -0.05) is 23.7 Å². The van der Waals surface area contributed by atoms with Crippen LogP contribution in [0.1, 0.15) is 16.1 Å². The Labute approximate surface area is 156 Å². The normalized spacial score (nSPS) is 15.9. The highest BCUT2D eigenvalue weighted by molar-refractivity contribution is 7.89. The van der Waals surface area contributed by atoms with Crippen LogP contribution in [0.4, 0.5) is 5.69 Å².